The Morgan fingerprint density at radius 1 is 1.23 bits per heavy atom. The van der Waals surface area contributed by atoms with Crippen molar-refractivity contribution in [2.24, 2.45) is 0 Å². The Morgan fingerprint density at radius 3 is 2.77 bits per heavy atom. The van der Waals surface area contributed by atoms with E-state index in [1.807, 2.05) is 6.07 Å². The number of nitrogens with zero attached hydrogens (tertiary/aromatic N) is 2. The molecule has 0 aliphatic carbocycles. The molecular weight excluding hydrogens is 348 g/mol. The maximum absolute atomic E-state index is 12.5. The highest BCUT2D eigenvalue weighted by Gasteiger charge is 2.19. The van der Waals surface area contributed by atoms with Crippen LogP contribution < -0.4 is 5.32 Å². The number of H-pyrrole nitrogens is 1. The molecule has 2 aromatic heterocycles. The Hall–Kier alpha value is -1.41. The normalized spacial score (nSPS) is 19.4. The van der Waals surface area contributed by atoms with Crippen LogP contribution in [0.25, 0.3) is 10.2 Å². The predicted octanol–water partition coefficient (Wildman–Crippen LogP) is 2.20. The van der Waals surface area contributed by atoms with E-state index in [2.05, 4.69) is 27.0 Å². The number of hydrogen-bond acceptors (Lipinski definition) is 5. The lowest BCUT2D eigenvalue weighted by Gasteiger charge is -2.26. The average molecular weight is 377 g/mol. The van der Waals surface area contributed by atoms with Crippen LogP contribution in [0.2, 0.25) is 0 Å². The number of morpholine rings is 1. The molecule has 2 aromatic rings. The molecule has 142 valence electrons. The summed E-state index contributed by atoms with van der Waals surface area (Å²) in [6, 6.07) is 2.00. The van der Waals surface area contributed by atoms with E-state index in [9.17, 15) is 4.79 Å². The summed E-state index contributed by atoms with van der Waals surface area (Å²) >= 11 is 1.79. The predicted molar refractivity (Wildman–Crippen MR) is 105 cm³/mol. The molecule has 6 nitrogen and oxygen atoms in total. The molecule has 2 aliphatic heterocycles. The van der Waals surface area contributed by atoms with Gasteiger partial charge in [0.05, 0.1) is 23.4 Å². The molecule has 2 fully saturated rings. The van der Waals surface area contributed by atoms with E-state index >= 15 is 0 Å². The van der Waals surface area contributed by atoms with Gasteiger partial charge >= 0.3 is 0 Å². The molecule has 0 atom stereocenters. The SMILES string of the molecule is Cc1sc2cc(C(=O)NCCN3CCOCC3)[nH]c2c1CN1CCCC1. The smallest absolute Gasteiger partial charge is 0.267 e. The monoisotopic (exact) mass is 376 g/mol. The van der Waals surface area contributed by atoms with Crippen LogP contribution >= 0.6 is 11.3 Å². The second-order valence-corrected chi connectivity index (χ2v) is 8.51. The number of nitrogens with one attached hydrogen (secondary N) is 2. The first-order chi connectivity index (χ1) is 12.7. The number of amides is 1. The Morgan fingerprint density at radius 2 is 2.00 bits per heavy atom. The fraction of sp³-hybridized carbons (Fsp3) is 0.632. The molecular formula is C19H28N4O2S. The summed E-state index contributed by atoms with van der Waals surface area (Å²) < 4.78 is 6.54. The summed E-state index contributed by atoms with van der Waals surface area (Å²) in [5, 5.41) is 3.05. The van der Waals surface area contributed by atoms with Crippen molar-refractivity contribution in [3.8, 4) is 0 Å². The second-order valence-electron chi connectivity index (χ2n) is 7.25. The number of ether oxygens (including phenoxy) is 1. The summed E-state index contributed by atoms with van der Waals surface area (Å²) in [6.45, 7) is 10.6. The van der Waals surface area contributed by atoms with Gasteiger partial charge in [-0.3, -0.25) is 14.6 Å². The number of fused-ring (bicyclic) bond motifs is 1. The number of thiophene rings is 1. The van der Waals surface area contributed by atoms with Crippen molar-refractivity contribution in [1.29, 1.82) is 0 Å². The highest BCUT2D eigenvalue weighted by molar-refractivity contribution is 7.19. The van der Waals surface area contributed by atoms with Crippen LogP contribution in [-0.2, 0) is 11.3 Å². The van der Waals surface area contributed by atoms with Crippen molar-refractivity contribution in [3.63, 3.8) is 0 Å². The Kier molecular flexibility index (Phi) is 5.59. The maximum Gasteiger partial charge on any atom is 0.267 e. The Labute approximate surface area is 158 Å². The van der Waals surface area contributed by atoms with E-state index in [1.54, 1.807) is 11.3 Å². The van der Waals surface area contributed by atoms with Gasteiger partial charge < -0.3 is 15.0 Å². The van der Waals surface area contributed by atoms with Gasteiger partial charge in [-0.1, -0.05) is 0 Å². The highest BCUT2D eigenvalue weighted by Crippen LogP contribution is 2.32. The van der Waals surface area contributed by atoms with Crippen LogP contribution in [0.5, 0.6) is 0 Å². The van der Waals surface area contributed by atoms with Crippen LogP contribution in [-0.4, -0.2) is 73.2 Å². The molecule has 2 aliphatic rings. The van der Waals surface area contributed by atoms with E-state index in [4.69, 9.17) is 4.74 Å². The van der Waals surface area contributed by atoms with Gasteiger partial charge in [0.2, 0.25) is 0 Å². The first kappa shape index (κ1) is 18.0. The highest BCUT2D eigenvalue weighted by atomic mass is 32.1. The number of rotatable bonds is 6. The minimum absolute atomic E-state index is 0.00793. The molecule has 1 amide bonds. The lowest BCUT2D eigenvalue weighted by molar-refractivity contribution is 0.0383. The Balaban J connectivity index is 1.38. The summed E-state index contributed by atoms with van der Waals surface area (Å²) in [5.74, 6) is -0.00793. The summed E-state index contributed by atoms with van der Waals surface area (Å²) in [4.78, 5) is 22.1. The van der Waals surface area contributed by atoms with Crippen molar-refractivity contribution in [2.75, 3.05) is 52.5 Å². The fourth-order valence-electron chi connectivity index (χ4n) is 3.87. The number of aromatic nitrogens is 1. The van der Waals surface area contributed by atoms with E-state index in [1.165, 1.54) is 41.1 Å². The molecule has 0 unspecified atom stereocenters. The van der Waals surface area contributed by atoms with Crippen molar-refractivity contribution in [1.82, 2.24) is 20.1 Å². The molecule has 7 heteroatoms. The number of hydrogen-bond donors (Lipinski definition) is 2. The molecule has 0 spiro atoms. The minimum atomic E-state index is -0.00793. The van der Waals surface area contributed by atoms with E-state index < -0.39 is 0 Å². The zero-order chi connectivity index (χ0) is 17.9. The minimum Gasteiger partial charge on any atom is -0.379 e. The Bertz CT molecular complexity index is 757. The maximum atomic E-state index is 12.5. The molecule has 4 heterocycles. The molecule has 0 radical (unpaired) electrons. The topological polar surface area (TPSA) is 60.6 Å². The molecule has 0 aromatic carbocycles. The van der Waals surface area contributed by atoms with Gasteiger partial charge in [0.1, 0.15) is 5.69 Å². The van der Waals surface area contributed by atoms with Gasteiger partial charge in [0.15, 0.2) is 0 Å². The molecule has 2 N–H and O–H groups in total. The lowest BCUT2D eigenvalue weighted by atomic mass is 10.2. The number of aryl methyl sites for hydroxylation is 1. The van der Waals surface area contributed by atoms with Crippen molar-refractivity contribution in [3.05, 3.63) is 22.2 Å². The number of carbonyl (C=O) groups excluding carboxylic acids is 1. The largest absolute Gasteiger partial charge is 0.379 e. The molecule has 26 heavy (non-hydrogen) atoms. The third kappa shape index (κ3) is 3.96. The first-order valence-corrected chi connectivity index (χ1v) is 10.4. The third-order valence-corrected chi connectivity index (χ3v) is 6.51. The first-order valence-electron chi connectivity index (χ1n) is 9.62. The summed E-state index contributed by atoms with van der Waals surface area (Å²) in [7, 11) is 0. The van der Waals surface area contributed by atoms with Gasteiger partial charge in [-0.15, -0.1) is 11.3 Å². The average Bonchev–Trinajstić information content (AvgIpc) is 3.35. The van der Waals surface area contributed by atoms with E-state index in [-0.39, 0.29) is 5.91 Å². The molecule has 2 saturated heterocycles. The van der Waals surface area contributed by atoms with Crippen LogP contribution in [0.4, 0.5) is 0 Å². The molecule has 0 bridgehead atoms. The van der Waals surface area contributed by atoms with Crippen LogP contribution in [0.15, 0.2) is 6.07 Å². The van der Waals surface area contributed by atoms with Crippen LogP contribution in [0.3, 0.4) is 0 Å². The van der Waals surface area contributed by atoms with Crippen molar-refractivity contribution < 1.29 is 9.53 Å². The summed E-state index contributed by atoms with van der Waals surface area (Å²) in [6.07, 6.45) is 2.60. The quantitative estimate of drug-likeness (QED) is 0.811. The number of likely N-dealkylation sites (tertiary alicyclic amines) is 1. The zero-order valence-electron chi connectivity index (χ0n) is 15.5. The second kappa shape index (κ2) is 8.08. The van der Waals surface area contributed by atoms with E-state index in [0.717, 1.165) is 44.9 Å². The van der Waals surface area contributed by atoms with Crippen LogP contribution in [0, 0.1) is 6.92 Å². The van der Waals surface area contributed by atoms with E-state index in [0.29, 0.717) is 12.2 Å². The van der Waals surface area contributed by atoms with Crippen molar-refractivity contribution >= 4 is 27.5 Å². The lowest BCUT2D eigenvalue weighted by Crippen LogP contribution is -2.41. The molecule has 0 saturated carbocycles. The third-order valence-electron chi connectivity index (χ3n) is 5.41. The van der Waals surface area contributed by atoms with Gasteiger partial charge in [0, 0.05) is 43.2 Å². The number of aromatic amines is 1. The standard InChI is InChI=1S/C19H28N4O2S/c1-14-15(13-23-5-2-3-6-23)18-17(26-14)12-16(21-18)19(24)20-4-7-22-8-10-25-11-9-22/h12,21H,2-11,13H2,1H3,(H,20,24). The summed E-state index contributed by atoms with van der Waals surface area (Å²) in [5.41, 5.74) is 3.19. The van der Waals surface area contributed by atoms with Crippen molar-refractivity contribution in [2.45, 2.75) is 26.3 Å². The van der Waals surface area contributed by atoms with Gasteiger partial charge in [0.25, 0.3) is 5.91 Å². The number of carbonyl (C=O) groups is 1. The van der Waals surface area contributed by atoms with Gasteiger partial charge in [-0.05, 0) is 38.9 Å². The van der Waals surface area contributed by atoms with Crippen LogP contribution in [0.1, 0.15) is 33.8 Å². The van der Waals surface area contributed by atoms with Gasteiger partial charge in [-0.2, -0.15) is 0 Å². The zero-order valence-corrected chi connectivity index (χ0v) is 16.3. The molecule has 4 rings (SSSR count). The van der Waals surface area contributed by atoms with Gasteiger partial charge in [-0.25, -0.2) is 0 Å². The fourth-order valence-corrected chi connectivity index (χ4v) is 4.94.